The second-order valence-electron chi connectivity index (χ2n) is 1.76. The Bertz CT molecular complexity index is 228. The van der Waals surface area contributed by atoms with E-state index in [1.54, 1.807) is 0 Å². The van der Waals surface area contributed by atoms with Gasteiger partial charge in [0, 0.05) is 0 Å². The summed E-state index contributed by atoms with van der Waals surface area (Å²) in [6.45, 7) is 4.59. The normalized spacial score (nSPS) is 12.8. The average molecular weight is 155 g/mol. The van der Waals surface area contributed by atoms with Gasteiger partial charge in [0.2, 0.25) is 5.88 Å². The molecule has 0 saturated carbocycles. The van der Waals surface area contributed by atoms with Crippen LogP contribution < -0.4 is 0 Å². The van der Waals surface area contributed by atoms with Crippen LogP contribution >= 0.6 is 0 Å². The van der Waals surface area contributed by atoms with Crippen LogP contribution in [0.3, 0.4) is 0 Å². The Balaban J connectivity index is 4.42. The Morgan fingerprint density at radius 2 is 2.09 bits per heavy atom. The molecular formula is C7H9NO3. The van der Waals surface area contributed by atoms with Gasteiger partial charge >= 0.3 is 5.97 Å². The Morgan fingerprint density at radius 1 is 1.55 bits per heavy atom. The highest BCUT2D eigenvalue weighted by Gasteiger charge is 2.00. The van der Waals surface area contributed by atoms with Crippen LogP contribution in [0.25, 0.3) is 0 Å². The topological polar surface area (TPSA) is 69.9 Å². The van der Waals surface area contributed by atoms with E-state index in [1.807, 2.05) is 0 Å². The average Bonchev–Trinajstić information content (AvgIpc) is 1.87. The summed E-state index contributed by atoms with van der Waals surface area (Å²) in [6.07, 6.45) is 2.51. The van der Waals surface area contributed by atoms with Crippen molar-refractivity contribution in [1.29, 1.82) is 0 Å². The summed E-state index contributed by atoms with van der Waals surface area (Å²) < 4.78 is 0. The van der Waals surface area contributed by atoms with Crippen molar-refractivity contribution >= 4 is 11.7 Å². The third-order valence-corrected chi connectivity index (χ3v) is 0.859. The lowest BCUT2D eigenvalue weighted by Gasteiger charge is -1.90. The summed E-state index contributed by atoms with van der Waals surface area (Å²) in [5.74, 6) is -1.52. The van der Waals surface area contributed by atoms with Gasteiger partial charge in [-0.1, -0.05) is 12.7 Å². The van der Waals surface area contributed by atoms with Crippen molar-refractivity contribution in [2.24, 2.45) is 4.99 Å². The van der Waals surface area contributed by atoms with Crippen LogP contribution in [0, 0.1) is 0 Å². The van der Waals surface area contributed by atoms with Gasteiger partial charge in [-0.15, -0.1) is 0 Å². The van der Waals surface area contributed by atoms with E-state index in [1.165, 1.54) is 19.1 Å². The maximum absolute atomic E-state index is 10.1. The smallest absolute Gasteiger partial charge is 0.350 e. The van der Waals surface area contributed by atoms with E-state index in [4.69, 9.17) is 10.2 Å². The molecule has 0 spiro atoms. The first kappa shape index (κ1) is 9.42. The molecule has 0 fully saturated rings. The lowest BCUT2D eigenvalue weighted by atomic mass is 10.4. The molecule has 0 heterocycles. The molecule has 4 nitrogen and oxygen atoms in total. The Kier molecular flexibility index (Phi) is 3.66. The predicted molar refractivity (Wildman–Crippen MR) is 41.7 cm³/mol. The molecule has 0 saturated heterocycles. The fourth-order valence-corrected chi connectivity index (χ4v) is 0.362. The summed E-state index contributed by atoms with van der Waals surface area (Å²) in [5, 5.41) is 17.1. The molecule has 4 heteroatoms. The summed E-state index contributed by atoms with van der Waals surface area (Å²) >= 11 is 0. The number of carboxylic acids is 1. The predicted octanol–water partition coefficient (Wildman–Crippen LogP) is 1.12. The molecular weight excluding hydrogens is 146 g/mol. The van der Waals surface area contributed by atoms with Crippen LogP contribution in [0.5, 0.6) is 0 Å². The molecule has 0 aromatic rings. The zero-order chi connectivity index (χ0) is 8.85. The largest absolute Gasteiger partial charge is 0.493 e. The van der Waals surface area contributed by atoms with Crippen molar-refractivity contribution in [1.82, 2.24) is 0 Å². The molecule has 11 heavy (non-hydrogen) atoms. The summed E-state index contributed by atoms with van der Waals surface area (Å²) in [4.78, 5) is 13.5. The minimum atomic E-state index is -1.16. The zero-order valence-electron chi connectivity index (χ0n) is 6.11. The molecule has 0 aliphatic heterocycles. The number of aliphatic hydroxyl groups excluding tert-OH is 1. The molecule has 60 valence electrons. The first-order chi connectivity index (χ1) is 5.07. The zero-order valence-corrected chi connectivity index (χ0v) is 6.11. The molecule has 0 aliphatic rings. The van der Waals surface area contributed by atoms with Crippen molar-refractivity contribution in [3.63, 3.8) is 0 Å². The summed E-state index contributed by atoms with van der Waals surface area (Å²) in [7, 11) is 0. The molecule has 0 unspecified atom stereocenters. The van der Waals surface area contributed by atoms with Gasteiger partial charge in [-0.2, -0.15) is 0 Å². The molecule has 0 aromatic heterocycles. The number of hydrogen-bond acceptors (Lipinski definition) is 3. The highest BCUT2D eigenvalue weighted by Crippen LogP contribution is 1.91. The SMILES string of the molecule is C=C/C=C(/O)N=C(C)C(=O)O. The van der Waals surface area contributed by atoms with Crippen molar-refractivity contribution in [3.05, 3.63) is 24.6 Å². The Morgan fingerprint density at radius 3 is 2.45 bits per heavy atom. The molecule has 0 rings (SSSR count). The third kappa shape index (κ3) is 3.91. The Labute approximate surface area is 64.2 Å². The van der Waals surface area contributed by atoms with Crippen molar-refractivity contribution in [3.8, 4) is 0 Å². The standard InChI is InChI=1S/C7H9NO3/c1-3-4-6(9)8-5(2)7(10)11/h3-4,9H,1H2,2H3,(H,10,11)/b6-4+,8-5?. The van der Waals surface area contributed by atoms with Gasteiger partial charge in [0.05, 0.1) is 0 Å². The van der Waals surface area contributed by atoms with E-state index in [0.29, 0.717) is 0 Å². The number of hydrogen-bond donors (Lipinski definition) is 2. The highest BCUT2D eigenvalue weighted by atomic mass is 16.4. The molecule has 0 atom stereocenters. The van der Waals surface area contributed by atoms with Gasteiger partial charge in [-0.25, -0.2) is 9.79 Å². The van der Waals surface area contributed by atoms with Crippen LogP contribution in [-0.4, -0.2) is 21.9 Å². The van der Waals surface area contributed by atoms with Gasteiger partial charge in [-0.05, 0) is 13.0 Å². The highest BCUT2D eigenvalue weighted by molar-refractivity contribution is 6.34. The summed E-state index contributed by atoms with van der Waals surface area (Å²) in [6, 6.07) is 0. The van der Waals surface area contributed by atoms with E-state index in [2.05, 4.69) is 11.6 Å². The lowest BCUT2D eigenvalue weighted by molar-refractivity contribution is -0.129. The number of aliphatic hydroxyl groups is 1. The van der Waals surface area contributed by atoms with Gasteiger partial charge < -0.3 is 10.2 Å². The number of aliphatic carboxylic acids is 1. The van der Waals surface area contributed by atoms with Crippen LogP contribution in [-0.2, 0) is 4.79 Å². The van der Waals surface area contributed by atoms with Crippen molar-refractivity contribution < 1.29 is 15.0 Å². The number of carbonyl (C=O) groups is 1. The van der Waals surface area contributed by atoms with E-state index < -0.39 is 5.97 Å². The fourth-order valence-electron chi connectivity index (χ4n) is 0.362. The first-order valence-electron chi connectivity index (χ1n) is 2.88. The molecule has 0 bridgehead atoms. The van der Waals surface area contributed by atoms with E-state index in [9.17, 15) is 4.79 Å². The maximum atomic E-state index is 10.1. The lowest BCUT2D eigenvalue weighted by Crippen LogP contribution is -2.08. The molecule has 0 aliphatic carbocycles. The number of rotatable bonds is 3. The number of aliphatic imine (C=N–C) groups is 1. The summed E-state index contributed by atoms with van der Waals surface area (Å²) in [5.41, 5.74) is -0.166. The third-order valence-electron chi connectivity index (χ3n) is 0.859. The minimum absolute atomic E-state index is 0.166. The van der Waals surface area contributed by atoms with Crippen LogP contribution in [0.15, 0.2) is 29.6 Å². The van der Waals surface area contributed by atoms with E-state index in [0.717, 1.165) is 0 Å². The first-order valence-corrected chi connectivity index (χ1v) is 2.88. The van der Waals surface area contributed by atoms with Gasteiger partial charge in [-0.3, -0.25) is 0 Å². The number of nitrogens with zero attached hydrogens (tertiary/aromatic N) is 1. The second-order valence-corrected chi connectivity index (χ2v) is 1.76. The van der Waals surface area contributed by atoms with E-state index >= 15 is 0 Å². The van der Waals surface area contributed by atoms with Crippen molar-refractivity contribution in [2.75, 3.05) is 0 Å². The van der Waals surface area contributed by atoms with Gasteiger partial charge in [0.1, 0.15) is 5.71 Å². The Hall–Kier alpha value is -1.58. The van der Waals surface area contributed by atoms with Crippen LogP contribution in [0.2, 0.25) is 0 Å². The quantitative estimate of drug-likeness (QED) is 0.364. The van der Waals surface area contributed by atoms with E-state index in [-0.39, 0.29) is 11.6 Å². The number of allylic oxidation sites excluding steroid dienone is 2. The van der Waals surface area contributed by atoms with Crippen LogP contribution in [0.4, 0.5) is 0 Å². The molecule has 0 aromatic carbocycles. The van der Waals surface area contributed by atoms with Crippen LogP contribution in [0.1, 0.15) is 6.92 Å². The van der Waals surface area contributed by atoms with Crippen molar-refractivity contribution in [2.45, 2.75) is 6.92 Å². The van der Waals surface area contributed by atoms with Gasteiger partial charge in [0.25, 0.3) is 0 Å². The fraction of sp³-hybridized carbons (Fsp3) is 0.143. The second kappa shape index (κ2) is 4.27. The van der Waals surface area contributed by atoms with Gasteiger partial charge in [0.15, 0.2) is 0 Å². The monoisotopic (exact) mass is 155 g/mol. The number of carboxylic acid groups (broad SMARTS) is 1. The maximum Gasteiger partial charge on any atom is 0.350 e. The molecule has 0 radical (unpaired) electrons. The molecule has 0 amide bonds. The minimum Gasteiger partial charge on any atom is -0.493 e. The molecule has 2 N–H and O–H groups in total.